The zero-order chi connectivity index (χ0) is 21.7. The first-order valence-electron chi connectivity index (χ1n) is 9.99. The number of ketones is 1. The topological polar surface area (TPSA) is 60.5 Å². The van der Waals surface area contributed by atoms with Gasteiger partial charge in [-0.1, -0.05) is 0 Å². The van der Waals surface area contributed by atoms with Crippen LogP contribution >= 0.6 is 0 Å². The number of benzene rings is 2. The van der Waals surface area contributed by atoms with Crippen molar-refractivity contribution in [3.05, 3.63) is 42.0 Å². The van der Waals surface area contributed by atoms with Crippen molar-refractivity contribution in [1.82, 2.24) is 4.90 Å². The molecule has 0 amide bonds. The number of hydrogen-bond acceptors (Lipinski definition) is 7. The SMILES string of the molecule is COc1ccc(N2CCN(C(C)C(=O)c3cc(OC)c(OC)c(OC)c3)CC2)cc1. The maximum absolute atomic E-state index is 13.2. The predicted molar refractivity (Wildman–Crippen MR) is 117 cm³/mol. The second-order valence-electron chi connectivity index (χ2n) is 7.18. The number of methoxy groups -OCH3 is 4. The van der Waals surface area contributed by atoms with Crippen LogP contribution in [-0.4, -0.2) is 71.3 Å². The molecule has 0 spiro atoms. The Labute approximate surface area is 178 Å². The fourth-order valence-corrected chi connectivity index (χ4v) is 3.79. The third-order valence-electron chi connectivity index (χ3n) is 5.63. The number of carbonyl (C=O) groups is 1. The molecule has 162 valence electrons. The summed E-state index contributed by atoms with van der Waals surface area (Å²) < 4.78 is 21.4. The van der Waals surface area contributed by atoms with E-state index in [4.69, 9.17) is 18.9 Å². The number of Topliss-reactive ketones (excluding diaryl/α,β-unsaturated/α-hetero) is 1. The Hall–Kier alpha value is -2.93. The molecular weight excluding hydrogens is 384 g/mol. The molecule has 0 aliphatic carbocycles. The Morgan fingerprint density at radius 3 is 1.87 bits per heavy atom. The lowest BCUT2D eigenvalue weighted by Gasteiger charge is -2.38. The van der Waals surface area contributed by atoms with Crippen molar-refractivity contribution in [3.63, 3.8) is 0 Å². The number of nitrogens with zero attached hydrogens (tertiary/aromatic N) is 2. The van der Waals surface area contributed by atoms with E-state index in [2.05, 4.69) is 21.9 Å². The van der Waals surface area contributed by atoms with Gasteiger partial charge >= 0.3 is 0 Å². The van der Waals surface area contributed by atoms with Gasteiger partial charge in [0.15, 0.2) is 17.3 Å². The van der Waals surface area contributed by atoms with Crippen LogP contribution in [0.4, 0.5) is 5.69 Å². The van der Waals surface area contributed by atoms with Crippen molar-refractivity contribution < 1.29 is 23.7 Å². The van der Waals surface area contributed by atoms with E-state index in [1.54, 1.807) is 40.6 Å². The van der Waals surface area contributed by atoms with Crippen LogP contribution in [0.3, 0.4) is 0 Å². The minimum absolute atomic E-state index is 0.0344. The van der Waals surface area contributed by atoms with Gasteiger partial charge in [0.2, 0.25) is 5.75 Å². The third kappa shape index (κ3) is 4.46. The highest BCUT2D eigenvalue weighted by molar-refractivity contribution is 6.01. The fraction of sp³-hybridized carbons (Fsp3) is 0.435. The van der Waals surface area contributed by atoms with Crippen molar-refractivity contribution >= 4 is 11.5 Å². The maximum Gasteiger partial charge on any atom is 0.203 e. The molecule has 0 radical (unpaired) electrons. The largest absolute Gasteiger partial charge is 0.497 e. The molecule has 2 aromatic rings. The van der Waals surface area contributed by atoms with Gasteiger partial charge in [-0.25, -0.2) is 0 Å². The fourth-order valence-electron chi connectivity index (χ4n) is 3.79. The van der Waals surface area contributed by atoms with Gasteiger partial charge in [-0.15, -0.1) is 0 Å². The average molecular weight is 415 g/mol. The Balaban J connectivity index is 1.68. The molecule has 1 atom stereocenters. The van der Waals surface area contributed by atoms with E-state index in [1.165, 1.54) is 5.69 Å². The molecule has 0 N–H and O–H groups in total. The molecule has 0 bridgehead atoms. The van der Waals surface area contributed by atoms with Crippen molar-refractivity contribution in [1.29, 1.82) is 0 Å². The Bertz CT molecular complexity index is 835. The van der Waals surface area contributed by atoms with Crippen molar-refractivity contribution in [3.8, 4) is 23.0 Å². The minimum atomic E-state index is -0.245. The zero-order valence-corrected chi connectivity index (χ0v) is 18.3. The van der Waals surface area contributed by atoms with Crippen LogP contribution in [0.15, 0.2) is 36.4 Å². The summed E-state index contributed by atoms with van der Waals surface area (Å²) in [6.07, 6.45) is 0. The summed E-state index contributed by atoms with van der Waals surface area (Å²) in [5.41, 5.74) is 1.72. The number of rotatable bonds is 8. The van der Waals surface area contributed by atoms with Crippen LogP contribution in [-0.2, 0) is 0 Å². The van der Waals surface area contributed by atoms with Crippen molar-refractivity contribution in [2.24, 2.45) is 0 Å². The highest BCUT2D eigenvalue weighted by atomic mass is 16.5. The van der Waals surface area contributed by atoms with Crippen LogP contribution in [0, 0.1) is 0 Å². The zero-order valence-electron chi connectivity index (χ0n) is 18.3. The number of piperazine rings is 1. The smallest absolute Gasteiger partial charge is 0.203 e. The molecule has 30 heavy (non-hydrogen) atoms. The summed E-state index contributed by atoms with van der Waals surface area (Å²) in [6, 6.07) is 11.3. The van der Waals surface area contributed by atoms with Crippen LogP contribution in [0.1, 0.15) is 17.3 Å². The first kappa shape index (κ1) is 21.8. The Morgan fingerprint density at radius 1 is 0.833 bits per heavy atom. The number of hydrogen-bond donors (Lipinski definition) is 0. The van der Waals surface area contributed by atoms with E-state index in [1.807, 2.05) is 19.1 Å². The Kier molecular flexibility index (Phi) is 7.05. The molecule has 1 aliphatic heterocycles. The van der Waals surface area contributed by atoms with Gasteiger partial charge in [0.05, 0.1) is 34.5 Å². The second-order valence-corrected chi connectivity index (χ2v) is 7.18. The first-order chi connectivity index (χ1) is 14.5. The van der Waals surface area contributed by atoms with Gasteiger partial charge in [-0.05, 0) is 43.3 Å². The van der Waals surface area contributed by atoms with Crippen LogP contribution < -0.4 is 23.8 Å². The summed E-state index contributed by atoms with van der Waals surface area (Å²) in [5, 5.41) is 0. The standard InChI is InChI=1S/C23H30N2O5/c1-16(22(26)17-14-20(28-3)23(30-5)21(15-17)29-4)24-10-12-25(13-11-24)18-6-8-19(27-2)9-7-18/h6-9,14-16H,10-13H2,1-5H3. The second kappa shape index (κ2) is 9.71. The Morgan fingerprint density at radius 2 is 1.40 bits per heavy atom. The lowest BCUT2D eigenvalue weighted by molar-refractivity contribution is 0.0829. The lowest BCUT2D eigenvalue weighted by atomic mass is 10.0. The molecule has 1 unspecified atom stereocenters. The van der Waals surface area contributed by atoms with Gasteiger partial charge in [0.25, 0.3) is 0 Å². The van der Waals surface area contributed by atoms with Gasteiger partial charge < -0.3 is 23.8 Å². The van der Waals surface area contributed by atoms with Crippen LogP contribution in [0.2, 0.25) is 0 Å². The van der Waals surface area contributed by atoms with E-state index < -0.39 is 0 Å². The normalized spacial score (nSPS) is 15.4. The highest BCUT2D eigenvalue weighted by Crippen LogP contribution is 2.38. The van der Waals surface area contributed by atoms with Gasteiger partial charge in [0, 0.05) is 37.4 Å². The van der Waals surface area contributed by atoms with Gasteiger partial charge in [-0.3, -0.25) is 9.69 Å². The lowest BCUT2D eigenvalue weighted by Crippen LogP contribution is -2.51. The predicted octanol–water partition coefficient (Wildman–Crippen LogP) is 3.11. The molecular formula is C23H30N2O5. The van der Waals surface area contributed by atoms with Crippen molar-refractivity contribution in [2.45, 2.75) is 13.0 Å². The molecule has 1 saturated heterocycles. The molecule has 1 aliphatic rings. The third-order valence-corrected chi connectivity index (χ3v) is 5.63. The van der Waals surface area contributed by atoms with Crippen LogP contribution in [0.25, 0.3) is 0 Å². The molecule has 1 heterocycles. The maximum atomic E-state index is 13.2. The van der Waals surface area contributed by atoms with E-state index in [9.17, 15) is 4.79 Å². The molecule has 1 fully saturated rings. The molecule has 3 rings (SSSR count). The quantitative estimate of drug-likeness (QED) is 0.615. The van der Waals surface area contributed by atoms with E-state index in [-0.39, 0.29) is 11.8 Å². The number of ether oxygens (including phenoxy) is 4. The van der Waals surface area contributed by atoms with Crippen molar-refractivity contribution in [2.75, 3.05) is 59.5 Å². The van der Waals surface area contributed by atoms with Gasteiger partial charge in [0.1, 0.15) is 5.75 Å². The van der Waals surface area contributed by atoms with E-state index in [0.717, 1.165) is 31.9 Å². The summed E-state index contributed by atoms with van der Waals surface area (Å²) in [4.78, 5) is 17.7. The molecule has 2 aromatic carbocycles. The molecule has 7 nitrogen and oxygen atoms in total. The minimum Gasteiger partial charge on any atom is -0.497 e. The molecule has 0 saturated carbocycles. The van der Waals surface area contributed by atoms with Gasteiger partial charge in [-0.2, -0.15) is 0 Å². The highest BCUT2D eigenvalue weighted by Gasteiger charge is 2.28. The summed E-state index contributed by atoms with van der Waals surface area (Å²) in [6.45, 7) is 5.29. The monoisotopic (exact) mass is 414 g/mol. The molecule has 0 aromatic heterocycles. The van der Waals surface area contributed by atoms with E-state index in [0.29, 0.717) is 22.8 Å². The average Bonchev–Trinajstić information content (AvgIpc) is 2.82. The van der Waals surface area contributed by atoms with E-state index >= 15 is 0 Å². The van der Waals surface area contributed by atoms with Crippen LogP contribution in [0.5, 0.6) is 23.0 Å². The number of carbonyl (C=O) groups excluding carboxylic acids is 1. The summed E-state index contributed by atoms with van der Waals surface area (Å²) in [5.74, 6) is 2.33. The molecule has 7 heteroatoms. The summed E-state index contributed by atoms with van der Waals surface area (Å²) >= 11 is 0. The summed E-state index contributed by atoms with van der Waals surface area (Å²) in [7, 11) is 6.31. The first-order valence-corrected chi connectivity index (χ1v) is 9.99. The number of anilines is 1.